The van der Waals surface area contributed by atoms with E-state index in [-0.39, 0.29) is 29.2 Å². The number of amides is 2. The van der Waals surface area contributed by atoms with E-state index in [0.29, 0.717) is 28.7 Å². The fourth-order valence-electron chi connectivity index (χ4n) is 6.30. The van der Waals surface area contributed by atoms with Crippen LogP contribution in [-0.2, 0) is 11.8 Å². The number of nitrogens with one attached hydrogen (secondary N) is 1. The molecule has 3 aromatic rings. The number of aryl methyl sites for hydroxylation is 1. The van der Waals surface area contributed by atoms with E-state index >= 15 is 0 Å². The monoisotopic (exact) mass is 529 g/mol. The number of likely N-dealkylation sites (tertiary alicyclic amines) is 1. The first-order valence-corrected chi connectivity index (χ1v) is 13.6. The van der Waals surface area contributed by atoms with Gasteiger partial charge in [0.15, 0.2) is 5.75 Å². The Hall–Kier alpha value is -4.06. The van der Waals surface area contributed by atoms with Crippen molar-refractivity contribution >= 4 is 28.5 Å². The Balaban J connectivity index is 1.43. The van der Waals surface area contributed by atoms with Crippen molar-refractivity contribution in [1.29, 1.82) is 5.26 Å². The fourth-order valence-corrected chi connectivity index (χ4v) is 6.30. The number of carbonyl (C=O) groups excluding carboxylic acids is 2. The molecule has 9 heteroatoms. The van der Waals surface area contributed by atoms with Crippen LogP contribution in [0.4, 0.5) is 5.69 Å². The molecule has 2 fully saturated rings. The van der Waals surface area contributed by atoms with Crippen LogP contribution in [0, 0.1) is 23.2 Å². The second kappa shape index (κ2) is 11.0. The number of methoxy groups -OCH3 is 2. The molecule has 1 N–H and O–H groups in total. The summed E-state index contributed by atoms with van der Waals surface area (Å²) in [5.41, 5.74) is 2.95. The first-order valence-electron chi connectivity index (χ1n) is 13.6. The molecule has 2 aliphatic rings. The van der Waals surface area contributed by atoms with Gasteiger partial charge in [0, 0.05) is 37.8 Å². The smallest absolute Gasteiger partial charge is 0.255 e. The molecular weight excluding hydrogens is 494 g/mol. The molecule has 204 valence electrons. The van der Waals surface area contributed by atoms with Crippen molar-refractivity contribution in [3.63, 3.8) is 0 Å². The fraction of sp³-hybridized carbons (Fsp3) is 0.467. The number of rotatable bonds is 6. The standard InChI is InChI=1S/C30H35N5O4/c1-18-16-35(30(37)19-7-5-6-8-19)12-11-22(18)23-17-34(2)28-26(23)27(39-4)24(15-32-28)33-29(36)20-9-10-25(38-3)21(13-20)14-31/h9-10,13,15,17-19,22H,5-8,11-12,16H2,1-4H3,(H,33,36)/t18-,22+/m0/s1. The molecule has 2 aromatic heterocycles. The number of piperidine rings is 1. The molecule has 3 heterocycles. The summed E-state index contributed by atoms with van der Waals surface area (Å²) in [4.78, 5) is 33.0. The Bertz CT molecular complexity index is 1450. The van der Waals surface area contributed by atoms with E-state index in [2.05, 4.69) is 34.4 Å². The maximum atomic E-state index is 13.2. The zero-order valence-corrected chi connectivity index (χ0v) is 23.0. The third-order valence-electron chi connectivity index (χ3n) is 8.32. The molecule has 1 aliphatic heterocycles. The Morgan fingerprint density at radius 3 is 2.59 bits per heavy atom. The molecule has 0 spiro atoms. The van der Waals surface area contributed by atoms with Gasteiger partial charge in [-0.15, -0.1) is 0 Å². The highest BCUT2D eigenvalue weighted by atomic mass is 16.5. The van der Waals surface area contributed by atoms with Gasteiger partial charge >= 0.3 is 0 Å². The Morgan fingerprint density at radius 1 is 1.15 bits per heavy atom. The van der Waals surface area contributed by atoms with Gasteiger partial charge in [0.05, 0.1) is 31.4 Å². The van der Waals surface area contributed by atoms with E-state index in [1.54, 1.807) is 25.4 Å². The molecule has 1 saturated heterocycles. The average Bonchev–Trinajstić information content (AvgIpc) is 3.60. The number of benzene rings is 1. The van der Waals surface area contributed by atoms with E-state index in [1.807, 2.05) is 11.6 Å². The van der Waals surface area contributed by atoms with Crippen LogP contribution in [0.2, 0.25) is 0 Å². The molecule has 0 bridgehead atoms. The summed E-state index contributed by atoms with van der Waals surface area (Å²) in [6.07, 6.45) is 8.91. The predicted octanol–water partition coefficient (Wildman–Crippen LogP) is 4.86. The summed E-state index contributed by atoms with van der Waals surface area (Å²) in [5.74, 6) is 1.58. The molecule has 1 aromatic carbocycles. The topological polar surface area (TPSA) is 109 Å². The molecule has 5 rings (SSSR count). The van der Waals surface area contributed by atoms with Gasteiger partial charge in [0.25, 0.3) is 5.91 Å². The third kappa shape index (κ3) is 4.91. The van der Waals surface area contributed by atoms with E-state index < -0.39 is 0 Å². The number of aromatic nitrogens is 2. The Kier molecular flexibility index (Phi) is 7.47. The quantitative estimate of drug-likeness (QED) is 0.489. The minimum absolute atomic E-state index is 0.191. The molecule has 0 unspecified atom stereocenters. The maximum absolute atomic E-state index is 13.2. The van der Waals surface area contributed by atoms with Crippen molar-refractivity contribution in [3.8, 4) is 17.6 Å². The predicted molar refractivity (Wildman–Crippen MR) is 148 cm³/mol. The minimum Gasteiger partial charge on any atom is -0.495 e. The second-order valence-electron chi connectivity index (χ2n) is 10.7. The first-order chi connectivity index (χ1) is 18.9. The van der Waals surface area contributed by atoms with Crippen molar-refractivity contribution in [2.75, 3.05) is 32.6 Å². The van der Waals surface area contributed by atoms with E-state index in [9.17, 15) is 14.9 Å². The van der Waals surface area contributed by atoms with Crippen LogP contribution in [0.1, 0.15) is 66.4 Å². The highest BCUT2D eigenvalue weighted by Crippen LogP contribution is 2.43. The number of ether oxygens (including phenoxy) is 2. The van der Waals surface area contributed by atoms with Gasteiger partial charge in [0.2, 0.25) is 5.91 Å². The van der Waals surface area contributed by atoms with E-state index in [4.69, 9.17) is 9.47 Å². The van der Waals surface area contributed by atoms with Crippen molar-refractivity contribution in [3.05, 3.63) is 47.3 Å². The molecule has 0 radical (unpaired) electrons. The summed E-state index contributed by atoms with van der Waals surface area (Å²) in [6, 6.07) is 6.78. The number of hydrogen-bond acceptors (Lipinski definition) is 6. The van der Waals surface area contributed by atoms with Crippen LogP contribution in [0.3, 0.4) is 0 Å². The van der Waals surface area contributed by atoms with Gasteiger partial charge in [-0.25, -0.2) is 4.98 Å². The van der Waals surface area contributed by atoms with Gasteiger partial charge < -0.3 is 24.3 Å². The lowest BCUT2D eigenvalue weighted by atomic mass is 9.81. The highest BCUT2D eigenvalue weighted by Gasteiger charge is 2.35. The first kappa shape index (κ1) is 26.5. The molecule has 1 saturated carbocycles. The van der Waals surface area contributed by atoms with Crippen molar-refractivity contribution in [2.45, 2.75) is 44.9 Å². The number of nitriles is 1. The third-order valence-corrected chi connectivity index (χ3v) is 8.32. The van der Waals surface area contributed by atoms with Crippen molar-refractivity contribution < 1.29 is 19.1 Å². The number of fused-ring (bicyclic) bond motifs is 1. The maximum Gasteiger partial charge on any atom is 0.255 e. The molecular formula is C30H35N5O4. The zero-order chi connectivity index (χ0) is 27.7. The lowest BCUT2D eigenvalue weighted by molar-refractivity contribution is -0.137. The Labute approximate surface area is 228 Å². The van der Waals surface area contributed by atoms with E-state index in [0.717, 1.165) is 61.8 Å². The van der Waals surface area contributed by atoms with Gasteiger partial charge in [-0.1, -0.05) is 19.8 Å². The van der Waals surface area contributed by atoms with Crippen LogP contribution in [0.5, 0.6) is 11.5 Å². The lowest BCUT2D eigenvalue weighted by Crippen LogP contribution is -2.44. The zero-order valence-electron chi connectivity index (χ0n) is 23.0. The van der Waals surface area contributed by atoms with Crippen LogP contribution in [-0.4, -0.2) is 53.6 Å². The van der Waals surface area contributed by atoms with E-state index in [1.165, 1.54) is 13.2 Å². The van der Waals surface area contributed by atoms with Gasteiger partial charge in [0.1, 0.15) is 23.2 Å². The minimum atomic E-state index is -0.377. The number of nitrogens with zero attached hydrogens (tertiary/aromatic N) is 4. The van der Waals surface area contributed by atoms with Crippen molar-refractivity contribution in [2.24, 2.45) is 18.9 Å². The van der Waals surface area contributed by atoms with Gasteiger partial charge in [-0.05, 0) is 54.9 Å². The summed E-state index contributed by atoms with van der Waals surface area (Å²) in [6.45, 7) is 3.69. The van der Waals surface area contributed by atoms with Crippen LogP contribution < -0.4 is 14.8 Å². The molecule has 2 atom stereocenters. The number of pyridine rings is 1. The number of hydrogen-bond donors (Lipinski definition) is 1. The average molecular weight is 530 g/mol. The summed E-state index contributed by atoms with van der Waals surface area (Å²) in [5, 5.41) is 13.2. The number of anilines is 1. The summed E-state index contributed by atoms with van der Waals surface area (Å²) >= 11 is 0. The lowest BCUT2D eigenvalue weighted by Gasteiger charge is -2.38. The van der Waals surface area contributed by atoms with Crippen LogP contribution in [0.15, 0.2) is 30.6 Å². The Morgan fingerprint density at radius 2 is 1.92 bits per heavy atom. The molecule has 39 heavy (non-hydrogen) atoms. The van der Waals surface area contributed by atoms with Crippen molar-refractivity contribution in [1.82, 2.24) is 14.5 Å². The largest absolute Gasteiger partial charge is 0.495 e. The number of carbonyl (C=O) groups is 2. The summed E-state index contributed by atoms with van der Waals surface area (Å²) in [7, 11) is 5.03. The molecule has 2 amide bonds. The molecule has 1 aliphatic carbocycles. The molecule has 9 nitrogen and oxygen atoms in total. The SMILES string of the molecule is COc1ccc(C(=O)Nc2cnc3c(c([C@@H]4CCN(C(=O)C5CCCC5)C[C@@H]4C)cn3C)c2OC)cc1C#N. The summed E-state index contributed by atoms with van der Waals surface area (Å²) < 4.78 is 13.1. The van der Waals surface area contributed by atoms with Crippen LogP contribution >= 0.6 is 0 Å². The van der Waals surface area contributed by atoms with Gasteiger partial charge in [-0.3, -0.25) is 9.59 Å². The highest BCUT2D eigenvalue weighted by molar-refractivity contribution is 6.07. The normalized spacial score (nSPS) is 19.6. The second-order valence-corrected chi connectivity index (χ2v) is 10.7. The van der Waals surface area contributed by atoms with Crippen LogP contribution in [0.25, 0.3) is 11.0 Å². The van der Waals surface area contributed by atoms with Gasteiger partial charge in [-0.2, -0.15) is 5.26 Å².